The van der Waals surface area contributed by atoms with Crippen LogP contribution in [-0.4, -0.2) is 6.10 Å². The molecule has 1 heterocycles. The molecule has 0 amide bonds. The predicted octanol–water partition coefficient (Wildman–Crippen LogP) is 5.49. The summed E-state index contributed by atoms with van der Waals surface area (Å²) in [6.45, 7) is 2.05. The maximum Gasteiger partial charge on any atom is 0.128 e. The fraction of sp³-hybridized carbons (Fsp3) is 0.182. The molecule has 1 saturated heterocycles. The van der Waals surface area contributed by atoms with Gasteiger partial charge in [0.05, 0.1) is 17.8 Å². The molecule has 3 atom stereocenters. The van der Waals surface area contributed by atoms with Gasteiger partial charge in [-0.2, -0.15) is 0 Å². The Hall–Kier alpha value is -2.65. The van der Waals surface area contributed by atoms with E-state index in [9.17, 15) is 4.39 Å². The second-order valence-corrected chi connectivity index (χ2v) is 6.37. The van der Waals surface area contributed by atoms with Crippen LogP contribution < -0.4 is 5.06 Å². The number of rotatable bonds is 3. The molecule has 25 heavy (non-hydrogen) atoms. The zero-order valence-electron chi connectivity index (χ0n) is 14.0. The van der Waals surface area contributed by atoms with Gasteiger partial charge in [0, 0.05) is 11.5 Å². The fourth-order valence-electron chi connectivity index (χ4n) is 3.67. The van der Waals surface area contributed by atoms with Crippen LogP contribution in [0.1, 0.15) is 30.0 Å². The van der Waals surface area contributed by atoms with Gasteiger partial charge in [0.15, 0.2) is 0 Å². The van der Waals surface area contributed by atoms with Crippen LogP contribution >= 0.6 is 0 Å². The molecule has 1 aliphatic heterocycles. The zero-order chi connectivity index (χ0) is 17.2. The van der Waals surface area contributed by atoms with Crippen molar-refractivity contribution >= 4 is 5.69 Å². The quantitative estimate of drug-likeness (QED) is 0.628. The van der Waals surface area contributed by atoms with E-state index in [0.717, 1.165) is 11.3 Å². The number of nitrogens with zero attached hydrogens (tertiary/aromatic N) is 1. The fourth-order valence-corrected chi connectivity index (χ4v) is 3.67. The van der Waals surface area contributed by atoms with Crippen molar-refractivity contribution in [1.82, 2.24) is 0 Å². The topological polar surface area (TPSA) is 12.5 Å². The smallest absolute Gasteiger partial charge is 0.128 e. The normalized spacial score (nSPS) is 23.0. The van der Waals surface area contributed by atoms with Crippen molar-refractivity contribution in [2.45, 2.75) is 25.0 Å². The molecule has 1 aliphatic rings. The van der Waals surface area contributed by atoms with Gasteiger partial charge in [-0.1, -0.05) is 66.7 Å². The summed E-state index contributed by atoms with van der Waals surface area (Å²) in [6, 6.07) is 26.9. The largest absolute Gasteiger partial charge is 0.269 e. The van der Waals surface area contributed by atoms with Crippen LogP contribution in [0.15, 0.2) is 84.9 Å². The highest BCUT2D eigenvalue weighted by molar-refractivity contribution is 5.49. The Balaban J connectivity index is 1.85. The van der Waals surface area contributed by atoms with Gasteiger partial charge < -0.3 is 0 Å². The highest BCUT2D eigenvalue weighted by Gasteiger charge is 2.44. The minimum Gasteiger partial charge on any atom is -0.269 e. The number of hydroxylamine groups is 1. The molecule has 0 radical (unpaired) electrons. The van der Waals surface area contributed by atoms with Crippen molar-refractivity contribution in [2.75, 3.05) is 5.06 Å². The number of hydrogen-bond acceptors (Lipinski definition) is 2. The average Bonchev–Trinajstić information content (AvgIpc) is 3.00. The van der Waals surface area contributed by atoms with Gasteiger partial charge in [-0.3, -0.25) is 4.84 Å². The van der Waals surface area contributed by atoms with Gasteiger partial charge in [0.1, 0.15) is 5.82 Å². The zero-order valence-corrected chi connectivity index (χ0v) is 14.0. The lowest BCUT2D eigenvalue weighted by atomic mass is 9.84. The van der Waals surface area contributed by atoms with Crippen LogP contribution in [-0.2, 0) is 4.84 Å². The molecule has 126 valence electrons. The SMILES string of the molecule is C[C@H]1ON(c2ccccc2)[C@H](c2ccccc2F)[C@@H]1c1ccccc1. The summed E-state index contributed by atoms with van der Waals surface area (Å²) in [5.74, 6) is -0.162. The summed E-state index contributed by atoms with van der Waals surface area (Å²) in [6.07, 6.45) is -0.0628. The number of anilines is 1. The second kappa shape index (κ2) is 6.69. The molecular weight excluding hydrogens is 313 g/mol. The van der Waals surface area contributed by atoms with Crippen molar-refractivity contribution in [2.24, 2.45) is 0 Å². The Morgan fingerprint density at radius 3 is 2.08 bits per heavy atom. The van der Waals surface area contributed by atoms with E-state index in [1.54, 1.807) is 6.07 Å². The van der Waals surface area contributed by atoms with Crippen molar-refractivity contribution in [3.8, 4) is 0 Å². The van der Waals surface area contributed by atoms with E-state index >= 15 is 0 Å². The molecule has 3 aromatic rings. The van der Waals surface area contributed by atoms with Gasteiger partial charge in [0.2, 0.25) is 0 Å². The van der Waals surface area contributed by atoms with Gasteiger partial charge in [-0.05, 0) is 30.7 Å². The standard InChI is InChI=1S/C22H20FNO/c1-16-21(17-10-4-2-5-11-17)22(19-14-8-9-15-20(19)23)24(25-16)18-12-6-3-7-13-18/h2-16,21-22H,1H3/t16-,21+,22-/m1/s1. The van der Waals surface area contributed by atoms with E-state index in [0.29, 0.717) is 5.56 Å². The highest BCUT2D eigenvalue weighted by atomic mass is 19.1. The summed E-state index contributed by atoms with van der Waals surface area (Å²) in [5.41, 5.74) is 2.74. The molecule has 0 aliphatic carbocycles. The highest BCUT2D eigenvalue weighted by Crippen LogP contribution is 2.47. The predicted molar refractivity (Wildman–Crippen MR) is 97.8 cm³/mol. The molecule has 0 bridgehead atoms. The Morgan fingerprint density at radius 1 is 0.800 bits per heavy atom. The third-order valence-electron chi connectivity index (χ3n) is 4.80. The number of benzene rings is 3. The maximum absolute atomic E-state index is 14.7. The van der Waals surface area contributed by atoms with Crippen molar-refractivity contribution in [3.05, 3.63) is 102 Å². The monoisotopic (exact) mass is 333 g/mol. The third-order valence-corrected chi connectivity index (χ3v) is 4.80. The molecular formula is C22H20FNO. The third kappa shape index (κ3) is 2.92. The molecule has 1 fully saturated rings. The number of hydrogen-bond donors (Lipinski definition) is 0. The molecule has 0 saturated carbocycles. The molecule has 0 spiro atoms. The average molecular weight is 333 g/mol. The molecule has 3 heteroatoms. The molecule has 0 aromatic heterocycles. The Kier molecular flexibility index (Phi) is 4.24. The Bertz CT molecular complexity index is 837. The van der Waals surface area contributed by atoms with Gasteiger partial charge in [-0.15, -0.1) is 0 Å². The van der Waals surface area contributed by atoms with E-state index in [1.807, 2.05) is 65.7 Å². The molecule has 0 unspecified atom stereocenters. The van der Waals surface area contributed by atoms with Crippen LogP contribution in [0.4, 0.5) is 10.1 Å². The van der Waals surface area contributed by atoms with Gasteiger partial charge in [-0.25, -0.2) is 9.45 Å². The lowest BCUT2D eigenvalue weighted by Gasteiger charge is -2.28. The first-order chi connectivity index (χ1) is 12.3. The minimum atomic E-state index is -0.221. The first kappa shape index (κ1) is 15.9. The van der Waals surface area contributed by atoms with E-state index in [-0.39, 0.29) is 23.9 Å². The van der Waals surface area contributed by atoms with Crippen LogP contribution in [0.5, 0.6) is 0 Å². The minimum absolute atomic E-state index is 0.0401. The maximum atomic E-state index is 14.7. The molecule has 3 aromatic carbocycles. The van der Waals surface area contributed by atoms with Crippen molar-refractivity contribution < 1.29 is 9.23 Å². The van der Waals surface area contributed by atoms with Gasteiger partial charge in [0.25, 0.3) is 0 Å². The molecule has 0 N–H and O–H groups in total. The lowest BCUT2D eigenvalue weighted by Crippen LogP contribution is -2.24. The van der Waals surface area contributed by atoms with Crippen molar-refractivity contribution in [1.29, 1.82) is 0 Å². The van der Waals surface area contributed by atoms with Crippen molar-refractivity contribution in [3.63, 3.8) is 0 Å². The van der Waals surface area contributed by atoms with E-state index < -0.39 is 0 Å². The van der Waals surface area contributed by atoms with E-state index in [1.165, 1.54) is 6.07 Å². The second-order valence-electron chi connectivity index (χ2n) is 6.37. The summed E-state index contributed by atoms with van der Waals surface area (Å²) in [5, 5.41) is 1.86. The van der Waals surface area contributed by atoms with Crippen LogP contribution in [0.25, 0.3) is 0 Å². The van der Waals surface area contributed by atoms with Gasteiger partial charge >= 0.3 is 0 Å². The summed E-state index contributed by atoms with van der Waals surface area (Å²) >= 11 is 0. The Morgan fingerprint density at radius 2 is 1.40 bits per heavy atom. The lowest BCUT2D eigenvalue weighted by molar-refractivity contribution is 0.0911. The summed E-state index contributed by atoms with van der Waals surface area (Å²) in [4.78, 5) is 6.20. The molecule has 2 nitrogen and oxygen atoms in total. The molecule has 4 rings (SSSR count). The number of para-hydroxylation sites is 1. The first-order valence-corrected chi connectivity index (χ1v) is 8.56. The van der Waals surface area contributed by atoms with E-state index in [4.69, 9.17) is 4.84 Å². The first-order valence-electron chi connectivity index (χ1n) is 8.56. The number of halogens is 1. The van der Waals surface area contributed by atoms with E-state index in [2.05, 4.69) is 19.1 Å². The van der Waals surface area contributed by atoms with Crippen LogP contribution in [0.2, 0.25) is 0 Å². The van der Waals surface area contributed by atoms with Crippen LogP contribution in [0.3, 0.4) is 0 Å². The Labute approximate surface area is 147 Å². The summed E-state index contributed by atoms with van der Waals surface area (Å²) in [7, 11) is 0. The summed E-state index contributed by atoms with van der Waals surface area (Å²) < 4.78 is 14.7. The van der Waals surface area contributed by atoms with Crippen LogP contribution in [0, 0.1) is 5.82 Å².